The maximum atomic E-state index is 14.2. The van der Waals surface area contributed by atoms with Crippen LogP contribution < -0.4 is 14.4 Å². The lowest BCUT2D eigenvalue weighted by atomic mass is 10.1. The Hall–Kier alpha value is -4.23. The number of rotatable bonds is 12. The van der Waals surface area contributed by atoms with Crippen molar-refractivity contribution in [2.75, 3.05) is 18.0 Å². The van der Waals surface area contributed by atoms with Crippen LogP contribution in [0.4, 0.5) is 15.8 Å². The van der Waals surface area contributed by atoms with Crippen molar-refractivity contribution in [2.24, 2.45) is 0 Å². The van der Waals surface area contributed by atoms with Crippen LogP contribution in [0.25, 0.3) is 0 Å². The van der Waals surface area contributed by atoms with E-state index in [1.165, 1.54) is 73.5 Å². The van der Waals surface area contributed by atoms with Crippen LogP contribution in [0.3, 0.4) is 0 Å². The Morgan fingerprint density at radius 3 is 2.29 bits per heavy atom. The molecule has 14 heteroatoms. The molecule has 242 valence electrons. The van der Waals surface area contributed by atoms with Gasteiger partial charge in [-0.3, -0.25) is 24.0 Å². The highest BCUT2D eigenvalue weighted by Crippen LogP contribution is 2.36. The van der Waals surface area contributed by atoms with Crippen LogP contribution in [0.1, 0.15) is 45.2 Å². The molecule has 2 amide bonds. The second-order valence-corrected chi connectivity index (χ2v) is 13.6. The van der Waals surface area contributed by atoms with E-state index in [4.69, 9.17) is 16.3 Å². The maximum Gasteiger partial charge on any atom is 0.273 e. The van der Waals surface area contributed by atoms with Crippen molar-refractivity contribution in [1.82, 2.24) is 10.2 Å². The number of carbonyl (C=O) groups is 2. The van der Waals surface area contributed by atoms with Crippen LogP contribution >= 0.6 is 11.6 Å². The third-order valence-corrected chi connectivity index (χ3v) is 8.79. The average molecular weight is 663 g/mol. The number of nitro benzene ring substituents is 1. The van der Waals surface area contributed by atoms with Crippen molar-refractivity contribution in [3.63, 3.8) is 0 Å². The summed E-state index contributed by atoms with van der Waals surface area (Å²) in [6.45, 7) is 7.54. The van der Waals surface area contributed by atoms with E-state index in [0.29, 0.717) is 5.56 Å². The molecule has 1 N–H and O–H groups in total. The van der Waals surface area contributed by atoms with E-state index in [0.717, 1.165) is 10.4 Å². The summed E-state index contributed by atoms with van der Waals surface area (Å²) < 4.78 is 48.3. The first kappa shape index (κ1) is 35.3. The molecule has 0 bridgehead atoms. The van der Waals surface area contributed by atoms with Crippen molar-refractivity contribution in [1.29, 1.82) is 0 Å². The zero-order valence-corrected chi connectivity index (χ0v) is 27.4. The summed E-state index contributed by atoms with van der Waals surface area (Å²) in [5, 5.41) is 14.7. The van der Waals surface area contributed by atoms with Gasteiger partial charge in [-0.1, -0.05) is 36.7 Å². The zero-order chi connectivity index (χ0) is 33.7. The van der Waals surface area contributed by atoms with Gasteiger partial charge in [0, 0.05) is 28.7 Å². The fourth-order valence-electron chi connectivity index (χ4n) is 4.60. The largest absolute Gasteiger partial charge is 0.495 e. The summed E-state index contributed by atoms with van der Waals surface area (Å²) in [6.07, 6.45) is 0.173. The molecule has 0 aromatic heterocycles. The number of amides is 2. The van der Waals surface area contributed by atoms with E-state index < -0.39 is 61.3 Å². The summed E-state index contributed by atoms with van der Waals surface area (Å²) in [6, 6.07) is 11.9. The van der Waals surface area contributed by atoms with Gasteiger partial charge >= 0.3 is 0 Å². The Kier molecular flexibility index (Phi) is 11.2. The van der Waals surface area contributed by atoms with E-state index in [1.807, 2.05) is 0 Å². The van der Waals surface area contributed by atoms with Crippen LogP contribution in [0.15, 0.2) is 65.6 Å². The van der Waals surface area contributed by atoms with Crippen molar-refractivity contribution in [3.8, 4) is 5.75 Å². The SMILES string of the molecule is CCC(C(=O)NC(C)(C)C)N(Cc1ccc(F)cc1)C(=O)CN(c1cc(Cl)ccc1OC)S(=O)(=O)c1ccc(C)c([N+](=O)[O-])c1. The van der Waals surface area contributed by atoms with Gasteiger partial charge in [-0.2, -0.15) is 0 Å². The lowest BCUT2D eigenvalue weighted by Gasteiger charge is -2.35. The fourth-order valence-corrected chi connectivity index (χ4v) is 6.21. The Balaban J connectivity index is 2.20. The molecule has 1 atom stereocenters. The van der Waals surface area contributed by atoms with E-state index >= 15 is 0 Å². The van der Waals surface area contributed by atoms with Gasteiger partial charge in [0.1, 0.15) is 24.2 Å². The molecule has 0 spiro atoms. The summed E-state index contributed by atoms with van der Waals surface area (Å²) in [4.78, 5) is 39.4. The first-order valence-corrected chi connectivity index (χ1v) is 15.8. The standard InChI is InChI=1S/C31H36ClFN4O7S/c1-7-25(30(39)34-31(3,4)5)35(18-21-9-12-23(33)13-10-21)29(38)19-36(27-16-22(32)11-15-28(27)44-6)45(42,43)24-14-8-20(2)26(17-24)37(40)41/h8-17,25H,7,18-19H2,1-6H3,(H,34,39). The average Bonchev–Trinajstić information content (AvgIpc) is 2.95. The van der Waals surface area contributed by atoms with Crippen LogP contribution in [0.5, 0.6) is 5.75 Å². The Morgan fingerprint density at radius 1 is 1.09 bits per heavy atom. The van der Waals surface area contributed by atoms with Crippen LogP contribution in [-0.4, -0.2) is 55.3 Å². The first-order valence-electron chi connectivity index (χ1n) is 14.0. The molecule has 3 aromatic rings. The van der Waals surface area contributed by atoms with Gasteiger partial charge in [-0.25, -0.2) is 12.8 Å². The molecule has 3 rings (SSSR count). The molecule has 0 aliphatic heterocycles. The number of halogens is 2. The van der Waals surface area contributed by atoms with Crippen molar-refractivity contribution >= 4 is 44.8 Å². The summed E-state index contributed by atoms with van der Waals surface area (Å²) in [5.41, 5.74) is -0.434. The number of carbonyl (C=O) groups excluding carboxylic acids is 2. The molecule has 45 heavy (non-hydrogen) atoms. The zero-order valence-electron chi connectivity index (χ0n) is 25.8. The number of benzene rings is 3. The second kappa shape index (κ2) is 14.2. The summed E-state index contributed by atoms with van der Waals surface area (Å²) in [5.74, 6) is -1.68. The lowest BCUT2D eigenvalue weighted by molar-refractivity contribution is -0.385. The molecule has 0 saturated heterocycles. The van der Waals surface area contributed by atoms with E-state index in [2.05, 4.69) is 5.32 Å². The summed E-state index contributed by atoms with van der Waals surface area (Å²) in [7, 11) is -3.37. The van der Waals surface area contributed by atoms with Crippen molar-refractivity contribution in [2.45, 2.75) is 64.1 Å². The molecular formula is C31H36ClFN4O7S. The molecule has 0 fully saturated rings. The number of anilines is 1. The molecule has 0 heterocycles. The topological polar surface area (TPSA) is 139 Å². The molecule has 0 saturated carbocycles. The third-order valence-electron chi connectivity index (χ3n) is 6.80. The molecule has 3 aromatic carbocycles. The van der Waals surface area contributed by atoms with Gasteiger partial charge in [0.25, 0.3) is 15.7 Å². The number of hydrogen-bond acceptors (Lipinski definition) is 7. The number of methoxy groups -OCH3 is 1. The van der Waals surface area contributed by atoms with E-state index in [-0.39, 0.29) is 35.0 Å². The number of nitrogens with zero attached hydrogens (tertiary/aromatic N) is 3. The summed E-state index contributed by atoms with van der Waals surface area (Å²) >= 11 is 6.25. The molecule has 1 unspecified atom stereocenters. The maximum absolute atomic E-state index is 14.2. The number of sulfonamides is 1. The van der Waals surface area contributed by atoms with Crippen LogP contribution in [-0.2, 0) is 26.2 Å². The highest BCUT2D eigenvalue weighted by molar-refractivity contribution is 7.92. The lowest BCUT2D eigenvalue weighted by Crippen LogP contribution is -2.55. The monoisotopic (exact) mass is 662 g/mol. The number of ether oxygens (including phenoxy) is 1. The van der Waals surface area contributed by atoms with Gasteiger partial charge in [0.15, 0.2) is 0 Å². The quantitative estimate of drug-likeness (QED) is 0.196. The first-order chi connectivity index (χ1) is 21.0. The van der Waals surface area contributed by atoms with Crippen molar-refractivity contribution < 1.29 is 32.1 Å². The van der Waals surface area contributed by atoms with Gasteiger partial charge in [0.05, 0.1) is 22.6 Å². The van der Waals surface area contributed by atoms with Gasteiger partial charge < -0.3 is 15.0 Å². The van der Waals surface area contributed by atoms with Crippen LogP contribution in [0.2, 0.25) is 5.02 Å². The normalized spacial score (nSPS) is 12.3. The Labute approximate surface area is 267 Å². The van der Waals surface area contributed by atoms with Gasteiger partial charge in [-0.05, 0) is 76.1 Å². The number of hydrogen-bond donors (Lipinski definition) is 1. The smallest absolute Gasteiger partial charge is 0.273 e. The molecular weight excluding hydrogens is 627 g/mol. The minimum absolute atomic E-state index is 0.0555. The van der Waals surface area contributed by atoms with E-state index in [9.17, 15) is 32.5 Å². The van der Waals surface area contributed by atoms with Gasteiger partial charge in [-0.15, -0.1) is 0 Å². The third kappa shape index (κ3) is 8.70. The van der Waals surface area contributed by atoms with Crippen LogP contribution in [0, 0.1) is 22.9 Å². The van der Waals surface area contributed by atoms with E-state index in [1.54, 1.807) is 27.7 Å². The van der Waals surface area contributed by atoms with Crippen molar-refractivity contribution in [3.05, 3.63) is 92.7 Å². The molecule has 0 aliphatic rings. The predicted octanol–water partition coefficient (Wildman–Crippen LogP) is 5.62. The Bertz CT molecular complexity index is 1680. The predicted molar refractivity (Wildman–Crippen MR) is 169 cm³/mol. The molecule has 0 radical (unpaired) electrons. The highest BCUT2D eigenvalue weighted by Gasteiger charge is 2.36. The molecule has 11 nitrogen and oxygen atoms in total. The van der Waals surface area contributed by atoms with Gasteiger partial charge in [0.2, 0.25) is 11.8 Å². The minimum atomic E-state index is -4.67. The number of nitro groups is 1. The Morgan fingerprint density at radius 2 is 1.73 bits per heavy atom. The second-order valence-electron chi connectivity index (χ2n) is 11.3. The fraction of sp³-hybridized carbons (Fsp3) is 0.355. The molecule has 0 aliphatic carbocycles. The minimum Gasteiger partial charge on any atom is -0.495 e. The number of aryl methyl sites for hydroxylation is 1. The number of nitrogens with one attached hydrogen (secondary N) is 1. The highest BCUT2D eigenvalue weighted by atomic mass is 35.5.